The molecule has 2 aromatic heterocycles. The van der Waals surface area contributed by atoms with Crippen molar-refractivity contribution in [3.63, 3.8) is 0 Å². The van der Waals surface area contributed by atoms with Gasteiger partial charge in [-0.05, 0) is 32.3 Å². The highest BCUT2D eigenvalue weighted by Crippen LogP contribution is 2.26. The third-order valence-electron chi connectivity index (χ3n) is 5.48. The largest absolute Gasteiger partial charge is 0.391 e. The van der Waals surface area contributed by atoms with Crippen LogP contribution in [0.25, 0.3) is 16.8 Å². The third kappa shape index (κ3) is 3.11. The Bertz CT molecular complexity index is 1080. The molecule has 0 spiro atoms. The highest BCUT2D eigenvalue weighted by molar-refractivity contribution is 5.95. The van der Waals surface area contributed by atoms with Gasteiger partial charge in [0.15, 0.2) is 5.65 Å². The van der Waals surface area contributed by atoms with Gasteiger partial charge >= 0.3 is 0 Å². The first-order chi connectivity index (χ1) is 13.5. The van der Waals surface area contributed by atoms with Gasteiger partial charge in [0.05, 0.1) is 17.8 Å². The lowest BCUT2D eigenvalue weighted by molar-refractivity contribution is 0.0715. The number of H-pyrrole nitrogens is 1. The van der Waals surface area contributed by atoms with Crippen molar-refractivity contribution in [3.8, 4) is 11.1 Å². The van der Waals surface area contributed by atoms with Crippen molar-refractivity contribution in [2.75, 3.05) is 0 Å². The van der Waals surface area contributed by atoms with Crippen LogP contribution in [0.5, 0.6) is 0 Å². The maximum Gasteiger partial charge on any atom is 0.285 e. The van der Waals surface area contributed by atoms with Crippen molar-refractivity contribution in [2.45, 2.75) is 51.7 Å². The van der Waals surface area contributed by atoms with Gasteiger partial charge in [-0.1, -0.05) is 43.2 Å². The maximum atomic E-state index is 13.1. The molecule has 1 amide bonds. The molecule has 4 rings (SSSR count). The average molecular weight is 380 g/mol. The molecule has 0 bridgehead atoms. The number of carbonyl (C=O) groups excluding carboxylic acids is 1. The lowest BCUT2D eigenvalue weighted by Gasteiger charge is -2.28. The number of aryl methyl sites for hydroxylation is 2. The number of nitrogens with one attached hydrogen (secondary N) is 2. The predicted molar refractivity (Wildman–Crippen MR) is 106 cm³/mol. The van der Waals surface area contributed by atoms with Crippen molar-refractivity contribution >= 4 is 11.6 Å². The van der Waals surface area contributed by atoms with E-state index in [-0.39, 0.29) is 11.6 Å². The van der Waals surface area contributed by atoms with Crippen molar-refractivity contribution in [1.29, 1.82) is 0 Å². The van der Waals surface area contributed by atoms with Gasteiger partial charge in [-0.25, -0.2) is 9.50 Å². The summed E-state index contributed by atoms with van der Waals surface area (Å²) in [4.78, 5) is 30.5. The summed E-state index contributed by atoms with van der Waals surface area (Å²) in [5.74, 6) is -0.483. The highest BCUT2D eigenvalue weighted by atomic mass is 16.3. The lowest BCUT2D eigenvalue weighted by Crippen LogP contribution is -2.46. The Kier molecular flexibility index (Phi) is 4.77. The zero-order valence-electron chi connectivity index (χ0n) is 16.0. The quantitative estimate of drug-likeness (QED) is 0.649. The summed E-state index contributed by atoms with van der Waals surface area (Å²) in [5.41, 5.74) is 3.05. The molecule has 7 heteroatoms. The molecule has 2 heterocycles. The van der Waals surface area contributed by atoms with E-state index in [0.29, 0.717) is 24.2 Å². The summed E-state index contributed by atoms with van der Waals surface area (Å²) in [6, 6.07) is 9.39. The van der Waals surface area contributed by atoms with Crippen LogP contribution < -0.4 is 10.9 Å². The molecule has 0 radical (unpaired) electrons. The Morgan fingerprint density at radius 2 is 1.93 bits per heavy atom. The minimum atomic E-state index is -0.574. The molecular weight excluding hydrogens is 356 g/mol. The van der Waals surface area contributed by atoms with E-state index in [1.807, 2.05) is 37.3 Å². The normalized spacial score (nSPS) is 19.7. The van der Waals surface area contributed by atoms with Crippen LogP contribution in [0.3, 0.4) is 0 Å². The lowest BCUT2D eigenvalue weighted by atomic mass is 9.92. The Hall–Kier alpha value is -2.93. The van der Waals surface area contributed by atoms with E-state index >= 15 is 0 Å². The van der Waals surface area contributed by atoms with Gasteiger partial charge in [-0.15, -0.1) is 0 Å². The summed E-state index contributed by atoms with van der Waals surface area (Å²) in [6.45, 7) is 3.55. The minimum absolute atomic E-state index is 0.0103. The third-order valence-corrected chi connectivity index (χ3v) is 5.48. The SMILES string of the molecule is Cc1nc2c(-c3ccccc3)c(C)[nH]n2c(=O)c1C(=O)NC1CCCCC1O. The molecular formula is C21H24N4O3. The number of aromatic amines is 1. The molecule has 1 fully saturated rings. The molecule has 1 aliphatic carbocycles. The van der Waals surface area contributed by atoms with Gasteiger partial charge in [-0.2, -0.15) is 0 Å². The monoisotopic (exact) mass is 380 g/mol. The summed E-state index contributed by atoms with van der Waals surface area (Å²) < 4.78 is 1.33. The van der Waals surface area contributed by atoms with Gasteiger partial charge in [0.2, 0.25) is 0 Å². The summed E-state index contributed by atoms with van der Waals surface area (Å²) in [5, 5.41) is 16.0. The minimum Gasteiger partial charge on any atom is -0.391 e. The maximum absolute atomic E-state index is 13.1. The molecule has 146 valence electrons. The molecule has 7 nitrogen and oxygen atoms in total. The van der Waals surface area contributed by atoms with Crippen LogP contribution in [0.15, 0.2) is 35.1 Å². The molecule has 3 N–H and O–H groups in total. The van der Waals surface area contributed by atoms with E-state index < -0.39 is 17.6 Å². The van der Waals surface area contributed by atoms with Crippen LogP contribution in [-0.4, -0.2) is 37.8 Å². The van der Waals surface area contributed by atoms with Crippen LogP contribution in [0, 0.1) is 13.8 Å². The number of aliphatic hydroxyl groups is 1. The van der Waals surface area contributed by atoms with Crippen LogP contribution in [0.4, 0.5) is 0 Å². The molecule has 1 aliphatic rings. The number of fused-ring (bicyclic) bond motifs is 1. The summed E-state index contributed by atoms with van der Waals surface area (Å²) in [7, 11) is 0. The van der Waals surface area contributed by atoms with E-state index in [1.165, 1.54) is 4.52 Å². The molecule has 2 atom stereocenters. The Balaban J connectivity index is 1.77. The smallest absolute Gasteiger partial charge is 0.285 e. The zero-order valence-corrected chi connectivity index (χ0v) is 16.0. The number of carbonyl (C=O) groups is 1. The average Bonchev–Trinajstić information content (AvgIpc) is 3.00. The van der Waals surface area contributed by atoms with Gasteiger partial charge < -0.3 is 10.4 Å². The Morgan fingerprint density at radius 1 is 1.21 bits per heavy atom. The van der Waals surface area contributed by atoms with E-state index in [9.17, 15) is 14.7 Å². The van der Waals surface area contributed by atoms with E-state index in [2.05, 4.69) is 15.4 Å². The fourth-order valence-electron chi connectivity index (χ4n) is 4.02. The van der Waals surface area contributed by atoms with Crippen molar-refractivity contribution in [3.05, 3.63) is 57.6 Å². The second-order valence-corrected chi connectivity index (χ2v) is 7.45. The highest BCUT2D eigenvalue weighted by Gasteiger charge is 2.28. The van der Waals surface area contributed by atoms with E-state index in [1.54, 1.807) is 6.92 Å². The second-order valence-electron chi connectivity index (χ2n) is 7.45. The molecule has 1 saturated carbocycles. The van der Waals surface area contributed by atoms with Gasteiger partial charge in [0.1, 0.15) is 5.56 Å². The van der Waals surface area contributed by atoms with Gasteiger partial charge in [0.25, 0.3) is 11.5 Å². The number of rotatable bonds is 3. The number of hydrogen-bond acceptors (Lipinski definition) is 4. The number of hydrogen-bond donors (Lipinski definition) is 3. The van der Waals surface area contributed by atoms with Gasteiger partial charge in [-0.3, -0.25) is 14.7 Å². The van der Waals surface area contributed by atoms with Crippen LogP contribution in [0.2, 0.25) is 0 Å². The number of aromatic nitrogens is 3. The first-order valence-electron chi connectivity index (χ1n) is 9.63. The molecule has 2 unspecified atom stereocenters. The molecule has 3 aromatic rings. The number of nitrogens with zero attached hydrogens (tertiary/aromatic N) is 2. The number of benzene rings is 1. The molecule has 28 heavy (non-hydrogen) atoms. The van der Waals surface area contributed by atoms with Crippen LogP contribution >= 0.6 is 0 Å². The van der Waals surface area contributed by atoms with Gasteiger partial charge in [0, 0.05) is 11.3 Å². The van der Waals surface area contributed by atoms with E-state index in [0.717, 1.165) is 29.7 Å². The van der Waals surface area contributed by atoms with Crippen molar-refractivity contribution < 1.29 is 9.90 Å². The molecule has 0 saturated heterocycles. The predicted octanol–water partition coefficient (Wildman–Crippen LogP) is 2.34. The standard InChI is InChI=1S/C21H24N4O3/c1-12-18(20(27)23-15-10-6-7-11-16(15)26)21(28)25-19(22-12)17(13(2)24-25)14-8-4-3-5-9-14/h3-5,8-9,15-16,24,26H,6-7,10-11H2,1-2H3,(H,23,27). The first kappa shape index (κ1) is 18.4. The Morgan fingerprint density at radius 3 is 2.64 bits per heavy atom. The fourth-order valence-corrected chi connectivity index (χ4v) is 4.02. The summed E-state index contributed by atoms with van der Waals surface area (Å²) in [6.07, 6.45) is 2.70. The van der Waals surface area contributed by atoms with Crippen molar-refractivity contribution in [1.82, 2.24) is 19.9 Å². The number of amides is 1. The van der Waals surface area contributed by atoms with E-state index in [4.69, 9.17) is 0 Å². The zero-order chi connectivity index (χ0) is 19.8. The van der Waals surface area contributed by atoms with Crippen molar-refractivity contribution in [2.24, 2.45) is 0 Å². The second kappa shape index (κ2) is 7.24. The molecule has 1 aromatic carbocycles. The molecule has 0 aliphatic heterocycles. The van der Waals surface area contributed by atoms with Crippen LogP contribution in [-0.2, 0) is 0 Å². The summed E-state index contributed by atoms with van der Waals surface area (Å²) >= 11 is 0. The Labute approximate surface area is 162 Å². The topological polar surface area (TPSA) is 99.5 Å². The number of aliphatic hydroxyl groups excluding tert-OH is 1. The first-order valence-corrected chi connectivity index (χ1v) is 9.63. The fraction of sp³-hybridized carbons (Fsp3) is 0.381. The van der Waals surface area contributed by atoms with Crippen LogP contribution in [0.1, 0.15) is 47.4 Å².